The van der Waals surface area contributed by atoms with Gasteiger partial charge in [-0.15, -0.1) is 0 Å². The molecule has 164 valence electrons. The highest BCUT2D eigenvalue weighted by Crippen LogP contribution is 2.64. The molecule has 0 radical (unpaired) electrons. The Balaban J connectivity index is 1.59. The van der Waals surface area contributed by atoms with Crippen LogP contribution in [0, 0.1) is 45.8 Å². The van der Waals surface area contributed by atoms with Gasteiger partial charge >= 0.3 is 0 Å². The standard InChI is InChI=1S/C28H31N3O/c1-19-14-15-22(27(2,3)21-12-8-5-9-13-21)23(16-19)31-26(32)25-24(28(25,17-29)18-30)20-10-6-4-7-11-20/h4-13,19,22-25H,14-16H2,1-3H3,(H,31,32)/t19-,22-,23-,24-,25+/m1/s1. The average molecular weight is 426 g/mol. The Bertz CT molecular complexity index is 1030. The summed E-state index contributed by atoms with van der Waals surface area (Å²) in [6, 6.07) is 24.4. The smallest absolute Gasteiger partial charge is 0.226 e. The van der Waals surface area contributed by atoms with Gasteiger partial charge in [0.1, 0.15) is 0 Å². The van der Waals surface area contributed by atoms with E-state index in [9.17, 15) is 15.3 Å². The Kier molecular flexibility index (Phi) is 5.83. The van der Waals surface area contributed by atoms with Crippen LogP contribution in [0.3, 0.4) is 0 Å². The number of carbonyl (C=O) groups excluding carboxylic acids is 1. The van der Waals surface area contributed by atoms with Crippen molar-refractivity contribution in [2.75, 3.05) is 0 Å². The molecule has 0 saturated heterocycles. The van der Waals surface area contributed by atoms with Gasteiger partial charge in [-0.3, -0.25) is 4.79 Å². The molecule has 0 bridgehead atoms. The van der Waals surface area contributed by atoms with Crippen LogP contribution in [0.1, 0.15) is 57.1 Å². The molecule has 4 rings (SSSR count). The van der Waals surface area contributed by atoms with Crippen molar-refractivity contribution in [2.24, 2.45) is 23.2 Å². The zero-order valence-corrected chi connectivity index (χ0v) is 19.1. The van der Waals surface area contributed by atoms with Gasteiger partial charge in [-0.05, 0) is 41.2 Å². The third-order valence-electron chi connectivity index (χ3n) is 7.90. The van der Waals surface area contributed by atoms with Crippen LogP contribution in [0.5, 0.6) is 0 Å². The number of rotatable bonds is 5. The van der Waals surface area contributed by atoms with E-state index in [1.165, 1.54) is 5.56 Å². The molecule has 1 N–H and O–H groups in total. The van der Waals surface area contributed by atoms with Crippen molar-refractivity contribution in [3.05, 3.63) is 71.8 Å². The Morgan fingerprint density at radius 3 is 2.19 bits per heavy atom. The summed E-state index contributed by atoms with van der Waals surface area (Å²) in [4.78, 5) is 13.5. The second-order valence-corrected chi connectivity index (χ2v) is 10.2. The first-order chi connectivity index (χ1) is 15.3. The van der Waals surface area contributed by atoms with Crippen molar-refractivity contribution < 1.29 is 4.79 Å². The molecule has 2 saturated carbocycles. The van der Waals surface area contributed by atoms with Gasteiger partial charge < -0.3 is 5.32 Å². The lowest BCUT2D eigenvalue weighted by atomic mass is 9.63. The maximum atomic E-state index is 13.5. The van der Waals surface area contributed by atoms with Gasteiger partial charge in [-0.25, -0.2) is 0 Å². The van der Waals surface area contributed by atoms with Crippen LogP contribution in [0.25, 0.3) is 0 Å². The van der Waals surface area contributed by atoms with Crippen molar-refractivity contribution >= 4 is 5.91 Å². The second-order valence-electron chi connectivity index (χ2n) is 10.2. The molecular weight excluding hydrogens is 394 g/mol. The van der Waals surface area contributed by atoms with E-state index in [0.717, 1.165) is 24.8 Å². The van der Waals surface area contributed by atoms with Crippen LogP contribution in [0.4, 0.5) is 0 Å². The molecular formula is C28H31N3O. The first kappa shape index (κ1) is 22.1. The van der Waals surface area contributed by atoms with Gasteiger partial charge in [0, 0.05) is 12.0 Å². The van der Waals surface area contributed by atoms with E-state index < -0.39 is 11.3 Å². The van der Waals surface area contributed by atoms with Crippen LogP contribution in [-0.4, -0.2) is 11.9 Å². The fraction of sp³-hybridized carbons (Fsp3) is 0.464. The lowest BCUT2D eigenvalue weighted by molar-refractivity contribution is -0.124. The first-order valence-corrected chi connectivity index (χ1v) is 11.6. The van der Waals surface area contributed by atoms with Gasteiger partial charge in [0.05, 0.1) is 18.1 Å². The molecule has 2 fully saturated rings. The molecule has 0 aliphatic heterocycles. The van der Waals surface area contributed by atoms with Crippen molar-refractivity contribution in [2.45, 2.75) is 57.4 Å². The lowest BCUT2D eigenvalue weighted by Crippen LogP contribution is -2.51. The molecule has 4 heteroatoms. The number of benzene rings is 2. The summed E-state index contributed by atoms with van der Waals surface area (Å²) in [5.74, 6) is -0.339. The predicted molar refractivity (Wildman–Crippen MR) is 124 cm³/mol. The quantitative estimate of drug-likeness (QED) is 0.703. The van der Waals surface area contributed by atoms with E-state index >= 15 is 0 Å². The van der Waals surface area contributed by atoms with E-state index in [0.29, 0.717) is 5.92 Å². The van der Waals surface area contributed by atoms with E-state index in [-0.39, 0.29) is 29.2 Å². The number of hydrogen-bond acceptors (Lipinski definition) is 3. The van der Waals surface area contributed by atoms with Crippen molar-refractivity contribution in [3.8, 4) is 12.1 Å². The van der Waals surface area contributed by atoms with E-state index in [1.807, 2.05) is 36.4 Å². The maximum absolute atomic E-state index is 13.5. The molecule has 5 atom stereocenters. The average Bonchev–Trinajstić information content (AvgIpc) is 3.50. The van der Waals surface area contributed by atoms with Crippen LogP contribution < -0.4 is 5.32 Å². The molecule has 0 heterocycles. The third kappa shape index (κ3) is 3.69. The third-order valence-corrected chi connectivity index (χ3v) is 7.90. The van der Waals surface area contributed by atoms with Crippen molar-refractivity contribution in [3.63, 3.8) is 0 Å². The number of hydrogen-bond donors (Lipinski definition) is 1. The highest BCUT2D eigenvalue weighted by Gasteiger charge is 2.71. The van der Waals surface area contributed by atoms with E-state index in [4.69, 9.17) is 0 Å². The summed E-state index contributed by atoms with van der Waals surface area (Å²) in [6.45, 7) is 6.77. The van der Waals surface area contributed by atoms with Gasteiger partial charge in [0.15, 0.2) is 5.41 Å². The monoisotopic (exact) mass is 425 g/mol. The Labute approximate surface area is 191 Å². The van der Waals surface area contributed by atoms with Gasteiger partial charge in [0.2, 0.25) is 5.91 Å². The molecule has 0 unspecified atom stereocenters. The fourth-order valence-electron chi connectivity index (χ4n) is 5.92. The summed E-state index contributed by atoms with van der Waals surface area (Å²) in [6.07, 6.45) is 3.10. The zero-order chi connectivity index (χ0) is 22.9. The van der Waals surface area contributed by atoms with Crippen LogP contribution in [0.15, 0.2) is 60.7 Å². The summed E-state index contributed by atoms with van der Waals surface area (Å²) in [5, 5.41) is 23.0. The molecule has 2 aliphatic carbocycles. The largest absolute Gasteiger partial charge is 0.353 e. The number of nitriles is 2. The van der Waals surface area contributed by atoms with E-state index in [2.05, 4.69) is 62.5 Å². The normalized spacial score (nSPS) is 28.7. The SMILES string of the molecule is C[C@@H]1CC[C@@H](C(C)(C)c2ccccc2)[C@H](NC(=O)[C@@H]2[C@@H](c3ccccc3)C2(C#N)C#N)C1. The van der Waals surface area contributed by atoms with Crippen LogP contribution in [0.2, 0.25) is 0 Å². The van der Waals surface area contributed by atoms with Crippen molar-refractivity contribution in [1.82, 2.24) is 5.32 Å². The number of nitrogens with zero attached hydrogens (tertiary/aromatic N) is 2. The molecule has 2 aliphatic rings. The Hall–Kier alpha value is -3.11. The Morgan fingerprint density at radius 2 is 1.59 bits per heavy atom. The number of carbonyl (C=O) groups is 1. The number of amides is 1. The van der Waals surface area contributed by atoms with Crippen LogP contribution in [-0.2, 0) is 10.2 Å². The molecule has 0 aromatic heterocycles. The predicted octanol–water partition coefficient (Wildman–Crippen LogP) is 5.33. The number of nitrogens with one attached hydrogen (secondary N) is 1. The second kappa shape index (κ2) is 8.44. The van der Waals surface area contributed by atoms with Crippen molar-refractivity contribution in [1.29, 1.82) is 10.5 Å². The summed E-state index contributed by atoms with van der Waals surface area (Å²) >= 11 is 0. The minimum atomic E-state index is -1.28. The summed E-state index contributed by atoms with van der Waals surface area (Å²) in [5.41, 5.74) is 0.782. The summed E-state index contributed by atoms with van der Waals surface area (Å²) < 4.78 is 0. The minimum Gasteiger partial charge on any atom is -0.353 e. The highest BCUT2D eigenvalue weighted by atomic mass is 16.2. The molecule has 32 heavy (non-hydrogen) atoms. The molecule has 1 amide bonds. The highest BCUT2D eigenvalue weighted by molar-refractivity contribution is 5.87. The van der Waals surface area contributed by atoms with Gasteiger partial charge in [-0.1, -0.05) is 87.9 Å². The minimum absolute atomic E-state index is 0.0218. The molecule has 2 aromatic rings. The van der Waals surface area contributed by atoms with Crippen LogP contribution >= 0.6 is 0 Å². The zero-order valence-electron chi connectivity index (χ0n) is 19.1. The maximum Gasteiger partial charge on any atom is 0.226 e. The van der Waals surface area contributed by atoms with Gasteiger partial charge in [-0.2, -0.15) is 10.5 Å². The first-order valence-electron chi connectivity index (χ1n) is 11.6. The van der Waals surface area contributed by atoms with Gasteiger partial charge in [0.25, 0.3) is 0 Å². The van der Waals surface area contributed by atoms with E-state index in [1.54, 1.807) is 0 Å². The Morgan fingerprint density at radius 1 is 1.00 bits per heavy atom. The molecule has 0 spiro atoms. The molecule has 2 aromatic carbocycles. The topological polar surface area (TPSA) is 76.7 Å². The summed E-state index contributed by atoms with van der Waals surface area (Å²) in [7, 11) is 0. The molecule has 4 nitrogen and oxygen atoms in total. The lowest BCUT2D eigenvalue weighted by Gasteiger charge is -2.45. The fourth-order valence-corrected chi connectivity index (χ4v) is 5.92.